The molecule has 0 saturated carbocycles. The number of fused-ring (bicyclic) bond motifs is 1. The Morgan fingerprint density at radius 2 is 1.93 bits per heavy atom. The van der Waals surface area contributed by atoms with Gasteiger partial charge in [-0.2, -0.15) is 0 Å². The zero-order valence-electron chi connectivity index (χ0n) is 17.6. The average molecular weight is 395 g/mol. The van der Waals surface area contributed by atoms with Crippen molar-refractivity contribution in [2.75, 3.05) is 13.1 Å². The summed E-state index contributed by atoms with van der Waals surface area (Å²) in [4.78, 5) is 34.8. The van der Waals surface area contributed by atoms with Crippen molar-refractivity contribution in [3.63, 3.8) is 0 Å². The molecule has 7 nitrogen and oxygen atoms in total. The summed E-state index contributed by atoms with van der Waals surface area (Å²) in [5, 5.41) is 0. The van der Waals surface area contributed by atoms with Crippen LogP contribution in [0.15, 0.2) is 18.6 Å². The summed E-state index contributed by atoms with van der Waals surface area (Å²) < 4.78 is 0. The molecule has 4 rings (SSSR count). The largest absolute Gasteiger partial charge is 0.333 e. The van der Waals surface area contributed by atoms with E-state index in [-0.39, 0.29) is 11.9 Å². The maximum absolute atomic E-state index is 12.0. The summed E-state index contributed by atoms with van der Waals surface area (Å²) in [5.41, 5.74) is 3.45. The number of hydrogen-bond acceptors (Lipinski definition) is 6. The fraction of sp³-hybridized carbons (Fsp3) is 0.591. The number of hydrogen-bond donors (Lipinski definition) is 0. The van der Waals surface area contributed by atoms with E-state index >= 15 is 0 Å². The second kappa shape index (κ2) is 8.53. The van der Waals surface area contributed by atoms with E-state index in [1.807, 2.05) is 23.5 Å². The predicted octanol–water partition coefficient (Wildman–Crippen LogP) is 3.02. The second-order valence-electron chi connectivity index (χ2n) is 8.49. The first-order valence-electron chi connectivity index (χ1n) is 10.7. The van der Waals surface area contributed by atoms with Crippen molar-refractivity contribution in [1.82, 2.24) is 29.7 Å². The van der Waals surface area contributed by atoms with Crippen LogP contribution in [0, 0.1) is 0 Å². The maximum Gasteiger partial charge on any atom is 0.220 e. The van der Waals surface area contributed by atoms with Gasteiger partial charge in [0.05, 0.1) is 6.04 Å². The van der Waals surface area contributed by atoms with Gasteiger partial charge in [-0.3, -0.25) is 9.69 Å². The van der Waals surface area contributed by atoms with Crippen LogP contribution in [0.25, 0.3) is 0 Å². The molecule has 1 atom stereocenters. The van der Waals surface area contributed by atoms with E-state index in [1.165, 1.54) is 5.56 Å². The topological polar surface area (TPSA) is 75.1 Å². The molecular weight excluding hydrogens is 364 g/mol. The maximum atomic E-state index is 12.0. The van der Waals surface area contributed by atoms with E-state index < -0.39 is 0 Å². The third kappa shape index (κ3) is 4.45. The van der Waals surface area contributed by atoms with Crippen LogP contribution in [-0.2, 0) is 24.3 Å². The number of carbonyl (C=O) groups is 1. The van der Waals surface area contributed by atoms with Crippen molar-refractivity contribution in [2.45, 2.75) is 71.5 Å². The van der Waals surface area contributed by atoms with E-state index in [0.29, 0.717) is 5.92 Å². The van der Waals surface area contributed by atoms with Gasteiger partial charge in [-0.1, -0.05) is 13.8 Å². The van der Waals surface area contributed by atoms with E-state index in [0.717, 1.165) is 74.8 Å². The molecule has 0 unspecified atom stereocenters. The molecule has 1 saturated heterocycles. The summed E-state index contributed by atoms with van der Waals surface area (Å²) >= 11 is 0. The van der Waals surface area contributed by atoms with Crippen LogP contribution in [0.5, 0.6) is 0 Å². The smallest absolute Gasteiger partial charge is 0.220 e. The Morgan fingerprint density at radius 1 is 1.14 bits per heavy atom. The summed E-state index contributed by atoms with van der Waals surface area (Å²) in [6.45, 7) is 9.29. The van der Waals surface area contributed by atoms with Gasteiger partial charge < -0.3 is 4.90 Å². The molecular formula is C22H30N6O. The highest BCUT2D eigenvalue weighted by Crippen LogP contribution is 2.30. The Bertz CT molecular complexity index is 866. The van der Waals surface area contributed by atoms with Crippen LogP contribution in [0.4, 0.5) is 0 Å². The quantitative estimate of drug-likeness (QED) is 0.793. The summed E-state index contributed by atoms with van der Waals surface area (Å²) in [6.07, 6.45) is 9.90. The molecule has 2 aromatic rings. The first-order chi connectivity index (χ1) is 14.0. The fourth-order valence-corrected chi connectivity index (χ4v) is 4.27. The normalized spacial score (nSPS) is 20.0. The van der Waals surface area contributed by atoms with Gasteiger partial charge in [0.2, 0.25) is 5.91 Å². The Hall–Kier alpha value is -2.41. The van der Waals surface area contributed by atoms with Gasteiger partial charge in [0.25, 0.3) is 0 Å². The molecule has 4 heterocycles. The monoisotopic (exact) mass is 394 g/mol. The summed E-state index contributed by atoms with van der Waals surface area (Å²) in [7, 11) is 0. The minimum atomic E-state index is 0.0289. The number of likely N-dealkylation sites (tertiary alicyclic amines) is 1. The number of rotatable bonds is 4. The minimum Gasteiger partial charge on any atom is -0.333 e. The standard InChI is InChI=1S/C22H30N6O/c1-15(2)21-23-10-17(11-24-21)13-27-9-7-19-18(14-27)12-25-22(26-19)20-6-4-5-8-28(20)16(3)29/h10-12,15,20H,4-9,13-14H2,1-3H3/t20-/m0/s1. The van der Waals surface area contributed by atoms with Crippen LogP contribution >= 0.6 is 0 Å². The Morgan fingerprint density at radius 3 is 2.66 bits per heavy atom. The van der Waals surface area contributed by atoms with E-state index in [4.69, 9.17) is 4.98 Å². The van der Waals surface area contributed by atoms with Gasteiger partial charge in [-0.15, -0.1) is 0 Å². The van der Waals surface area contributed by atoms with Gasteiger partial charge in [0.15, 0.2) is 5.82 Å². The van der Waals surface area contributed by atoms with Crippen molar-refractivity contribution in [2.24, 2.45) is 0 Å². The lowest BCUT2D eigenvalue weighted by Crippen LogP contribution is -2.38. The molecule has 0 bridgehead atoms. The zero-order valence-corrected chi connectivity index (χ0v) is 17.6. The number of piperidine rings is 1. The molecule has 0 aromatic carbocycles. The lowest BCUT2D eigenvalue weighted by molar-refractivity contribution is -0.132. The van der Waals surface area contributed by atoms with Gasteiger partial charge in [-0.05, 0) is 19.3 Å². The van der Waals surface area contributed by atoms with Gasteiger partial charge in [0.1, 0.15) is 5.82 Å². The minimum absolute atomic E-state index is 0.0289. The number of carbonyl (C=O) groups excluding carboxylic acids is 1. The summed E-state index contributed by atoms with van der Waals surface area (Å²) in [6, 6.07) is 0.0289. The van der Waals surface area contributed by atoms with Crippen molar-refractivity contribution < 1.29 is 4.79 Å². The molecule has 0 spiro atoms. The molecule has 1 fully saturated rings. The molecule has 0 radical (unpaired) electrons. The number of nitrogens with zero attached hydrogens (tertiary/aromatic N) is 6. The molecule has 29 heavy (non-hydrogen) atoms. The molecule has 2 aliphatic rings. The van der Waals surface area contributed by atoms with E-state index in [2.05, 4.69) is 33.7 Å². The first-order valence-corrected chi connectivity index (χ1v) is 10.7. The molecule has 7 heteroatoms. The Kier molecular flexibility index (Phi) is 5.85. The second-order valence-corrected chi connectivity index (χ2v) is 8.49. The molecule has 154 valence electrons. The highest BCUT2D eigenvalue weighted by molar-refractivity contribution is 5.73. The lowest BCUT2D eigenvalue weighted by Gasteiger charge is -2.35. The van der Waals surface area contributed by atoms with E-state index in [1.54, 1.807) is 6.92 Å². The highest BCUT2D eigenvalue weighted by Gasteiger charge is 2.29. The molecule has 2 aromatic heterocycles. The number of aromatic nitrogens is 4. The van der Waals surface area contributed by atoms with Crippen LogP contribution < -0.4 is 0 Å². The predicted molar refractivity (Wildman–Crippen MR) is 110 cm³/mol. The third-order valence-electron chi connectivity index (χ3n) is 5.88. The van der Waals surface area contributed by atoms with Crippen molar-refractivity contribution in [1.29, 1.82) is 0 Å². The van der Waals surface area contributed by atoms with Crippen molar-refractivity contribution in [3.05, 3.63) is 47.1 Å². The molecule has 0 aliphatic carbocycles. The fourth-order valence-electron chi connectivity index (χ4n) is 4.27. The average Bonchev–Trinajstić information content (AvgIpc) is 2.73. The molecule has 1 amide bonds. The van der Waals surface area contributed by atoms with Crippen LogP contribution in [0.3, 0.4) is 0 Å². The van der Waals surface area contributed by atoms with Gasteiger partial charge in [0, 0.05) is 80.9 Å². The highest BCUT2D eigenvalue weighted by atomic mass is 16.2. The van der Waals surface area contributed by atoms with Crippen molar-refractivity contribution in [3.8, 4) is 0 Å². The first kappa shape index (κ1) is 19.9. The Labute approximate surface area is 172 Å². The third-order valence-corrected chi connectivity index (χ3v) is 5.88. The van der Waals surface area contributed by atoms with Crippen LogP contribution in [0.2, 0.25) is 0 Å². The van der Waals surface area contributed by atoms with Gasteiger partial charge in [-0.25, -0.2) is 19.9 Å². The van der Waals surface area contributed by atoms with E-state index in [9.17, 15) is 4.79 Å². The van der Waals surface area contributed by atoms with Crippen molar-refractivity contribution >= 4 is 5.91 Å². The molecule has 2 aliphatic heterocycles. The Balaban J connectivity index is 1.44. The SMILES string of the molecule is CC(=O)N1CCCC[C@H]1c1ncc2c(n1)CCN(Cc1cnc(C(C)C)nc1)C2. The molecule has 0 N–H and O–H groups in total. The van der Waals surface area contributed by atoms with Crippen LogP contribution in [0.1, 0.15) is 80.5 Å². The lowest BCUT2D eigenvalue weighted by atomic mass is 10.0. The summed E-state index contributed by atoms with van der Waals surface area (Å²) in [5.74, 6) is 2.17. The van der Waals surface area contributed by atoms with Crippen LogP contribution in [-0.4, -0.2) is 48.7 Å². The van der Waals surface area contributed by atoms with Gasteiger partial charge >= 0.3 is 0 Å². The number of amides is 1. The zero-order chi connectivity index (χ0) is 20.4.